The predicted octanol–water partition coefficient (Wildman–Crippen LogP) is 3.96. The van der Waals surface area contributed by atoms with Crippen molar-refractivity contribution in [2.75, 3.05) is 29.5 Å². The minimum atomic E-state index is -4.51. The molecule has 35 heavy (non-hydrogen) atoms. The highest BCUT2D eigenvalue weighted by Crippen LogP contribution is 2.35. The fourth-order valence-electron chi connectivity index (χ4n) is 4.04. The molecule has 0 aliphatic carbocycles. The van der Waals surface area contributed by atoms with Gasteiger partial charge in [-0.15, -0.1) is 0 Å². The average Bonchev–Trinajstić information content (AvgIpc) is 3.49. The molecule has 1 aliphatic rings. The maximum absolute atomic E-state index is 13.2. The number of alkyl halides is 3. The molecular weight excluding hydrogens is 459 g/mol. The van der Waals surface area contributed by atoms with Gasteiger partial charge in [0.25, 0.3) is 0 Å². The Morgan fingerprint density at radius 1 is 1.14 bits per heavy atom. The summed E-state index contributed by atoms with van der Waals surface area (Å²) >= 11 is 0. The number of pyridine rings is 2. The van der Waals surface area contributed by atoms with Gasteiger partial charge in [-0.3, -0.25) is 0 Å². The summed E-state index contributed by atoms with van der Waals surface area (Å²) in [4.78, 5) is 20.0. The SMILES string of the molecule is CC(Nc1ncc(N)c(-c2c[nH]c3ncc(C(F)(F)F)cc23)n1)c1ccc(N[C@@H]2CCNC2)nc1. The molecule has 182 valence electrons. The van der Waals surface area contributed by atoms with E-state index in [1.54, 1.807) is 12.4 Å². The van der Waals surface area contributed by atoms with E-state index in [4.69, 9.17) is 5.73 Å². The smallest absolute Gasteiger partial charge is 0.396 e. The summed E-state index contributed by atoms with van der Waals surface area (Å²) in [7, 11) is 0. The van der Waals surface area contributed by atoms with Crippen LogP contribution in [0, 0.1) is 0 Å². The zero-order valence-corrected chi connectivity index (χ0v) is 18.8. The summed E-state index contributed by atoms with van der Waals surface area (Å²) in [5.41, 5.74) is 7.43. The standard InChI is InChI=1S/C23H24F3N9/c1-12(13-2-3-19(29-7-13)34-15-4-5-28-9-15)33-22-32-11-18(27)20(35-22)17-10-31-21-16(17)6-14(8-30-21)23(24,25)26/h2-3,6-8,10-12,15,28H,4-5,9,27H2,1H3,(H,29,34)(H,30,31)(H,32,33,35)/t12?,15-/m1/s1. The summed E-state index contributed by atoms with van der Waals surface area (Å²) in [6, 6.07) is 5.13. The van der Waals surface area contributed by atoms with Gasteiger partial charge in [-0.2, -0.15) is 13.2 Å². The van der Waals surface area contributed by atoms with Gasteiger partial charge in [-0.05, 0) is 37.6 Å². The molecule has 9 nitrogen and oxygen atoms in total. The molecule has 0 spiro atoms. The summed E-state index contributed by atoms with van der Waals surface area (Å²) in [5.74, 6) is 1.10. The highest BCUT2D eigenvalue weighted by Gasteiger charge is 2.31. The van der Waals surface area contributed by atoms with Crippen molar-refractivity contribution in [3.63, 3.8) is 0 Å². The zero-order chi connectivity index (χ0) is 24.6. The van der Waals surface area contributed by atoms with Gasteiger partial charge in [0.1, 0.15) is 17.2 Å². The van der Waals surface area contributed by atoms with Crippen molar-refractivity contribution >= 4 is 28.5 Å². The van der Waals surface area contributed by atoms with Crippen LogP contribution in [0.1, 0.15) is 30.5 Å². The Kier molecular flexibility index (Phi) is 5.89. The van der Waals surface area contributed by atoms with Crippen LogP contribution in [0.4, 0.5) is 30.6 Å². The highest BCUT2D eigenvalue weighted by atomic mass is 19.4. The van der Waals surface area contributed by atoms with Gasteiger partial charge in [0.15, 0.2) is 0 Å². The van der Waals surface area contributed by atoms with Gasteiger partial charge in [-0.1, -0.05) is 6.07 Å². The van der Waals surface area contributed by atoms with E-state index in [9.17, 15) is 13.2 Å². The van der Waals surface area contributed by atoms with Crippen LogP contribution in [0.2, 0.25) is 0 Å². The summed E-state index contributed by atoms with van der Waals surface area (Å²) in [6.45, 7) is 3.86. The topological polar surface area (TPSA) is 129 Å². The number of fused-ring (bicyclic) bond motifs is 1. The van der Waals surface area contributed by atoms with Gasteiger partial charge in [-0.25, -0.2) is 19.9 Å². The number of aromatic amines is 1. The largest absolute Gasteiger partial charge is 0.417 e. The number of nitrogens with zero attached hydrogens (tertiary/aromatic N) is 4. The van der Waals surface area contributed by atoms with Gasteiger partial charge >= 0.3 is 6.18 Å². The van der Waals surface area contributed by atoms with Crippen LogP contribution in [0.5, 0.6) is 0 Å². The first kappa shape index (κ1) is 22.8. The molecule has 0 aromatic carbocycles. The minimum absolute atomic E-state index is 0.178. The van der Waals surface area contributed by atoms with Crippen molar-refractivity contribution in [3.05, 3.63) is 54.1 Å². The van der Waals surface area contributed by atoms with E-state index in [-0.39, 0.29) is 23.1 Å². The van der Waals surface area contributed by atoms with Crippen LogP contribution >= 0.6 is 0 Å². The number of nitrogens with two attached hydrogens (primary N) is 1. The van der Waals surface area contributed by atoms with E-state index < -0.39 is 11.7 Å². The molecule has 4 aromatic heterocycles. The van der Waals surface area contributed by atoms with Crippen molar-refractivity contribution in [2.45, 2.75) is 31.6 Å². The van der Waals surface area contributed by atoms with Crippen LogP contribution in [-0.2, 0) is 6.18 Å². The van der Waals surface area contributed by atoms with E-state index >= 15 is 0 Å². The first-order valence-corrected chi connectivity index (χ1v) is 11.1. The molecule has 4 aromatic rings. The maximum atomic E-state index is 13.2. The highest BCUT2D eigenvalue weighted by molar-refractivity contribution is 5.95. The number of rotatable bonds is 6. The predicted molar refractivity (Wildman–Crippen MR) is 128 cm³/mol. The molecule has 0 bridgehead atoms. The Hall–Kier alpha value is -3.93. The molecule has 12 heteroatoms. The Balaban J connectivity index is 1.37. The maximum Gasteiger partial charge on any atom is 0.417 e. The third kappa shape index (κ3) is 4.83. The Morgan fingerprint density at radius 2 is 2.00 bits per heavy atom. The fraction of sp³-hybridized carbons (Fsp3) is 0.304. The molecule has 0 saturated carbocycles. The average molecular weight is 484 g/mol. The Bertz CT molecular complexity index is 1330. The first-order valence-electron chi connectivity index (χ1n) is 11.1. The molecule has 1 unspecified atom stereocenters. The molecule has 6 N–H and O–H groups in total. The van der Waals surface area contributed by atoms with E-state index in [0.717, 1.165) is 43.2 Å². The number of H-pyrrole nitrogens is 1. The summed E-state index contributed by atoms with van der Waals surface area (Å²) in [6.07, 6.45) is 2.09. The molecule has 1 fully saturated rings. The minimum Gasteiger partial charge on any atom is -0.396 e. The summed E-state index contributed by atoms with van der Waals surface area (Å²) < 4.78 is 39.6. The van der Waals surface area contributed by atoms with Crippen LogP contribution < -0.4 is 21.7 Å². The molecule has 2 atom stereocenters. The zero-order valence-electron chi connectivity index (χ0n) is 18.8. The lowest BCUT2D eigenvalue weighted by Crippen LogP contribution is -2.22. The lowest BCUT2D eigenvalue weighted by molar-refractivity contribution is -0.137. The van der Waals surface area contributed by atoms with Crippen LogP contribution in [0.3, 0.4) is 0 Å². The number of halogens is 3. The van der Waals surface area contributed by atoms with Crippen LogP contribution in [-0.4, -0.2) is 44.1 Å². The van der Waals surface area contributed by atoms with E-state index in [1.165, 1.54) is 6.20 Å². The third-order valence-corrected chi connectivity index (χ3v) is 5.97. The lowest BCUT2D eigenvalue weighted by atomic mass is 10.1. The van der Waals surface area contributed by atoms with E-state index in [0.29, 0.717) is 22.9 Å². The number of aromatic nitrogens is 5. The number of hydrogen-bond donors (Lipinski definition) is 5. The molecule has 0 radical (unpaired) electrons. The van der Waals surface area contributed by atoms with Crippen molar-refractivity contribution in [3.8, 4) is 11.3 Å². The van der Waals surface area contributed by atoms with Crippen molar-refractivity contribution in [1.82, 2.24) is 30.2 Å². The van der Waals surface area contributed by atoms with Crippen molar-refractivity contribution < 1.29 is 13.2 Å². The van der Waals surface area contributed by atoms with Crippen molar-refractivity contribution in [2.24, 2.45) is 0 Å². The summed E-state index contributed by atoms with van der Waals surface area (Å²) in [5, 5.41) is 10.2. The second-order valence-electron chi connectivity index (χ2n) is 8.49. The Morgan fingerprint density at radius 3 is 2.71 bits per heavy atom. The molecule has 1 aliphatic heterocycles. The Labute approximate surface area is 198 Å². The second kappa shape index (κ2) is 9.02. The number of nitrogens with one attached hydrogen (secondary N) is 4. The van der Waals surface area contributed by atoms with E-state index in [2.05, 4.69) is 40.9 Å². The molecule has 1 saturated heterocycles. The van der Waals surface area contributed by atoms with E-state index in [1.807, 2.05) is 19.1 Å². The van der Waals surface area contributed by atoms with Crippen molar-refractivity contribution in [1.29, 1.82) is 0 Å². The molecular formula is C23H24F3N9. The first-order chi connectivity index (χ1) is 16.8. The van der Waals surface area contributed by atoms with Crippen LogP contribution in [0.25, 0.3) is 22.3 Å². The molecule has 5 rings (SSSR count). The quantitative estimate of drug-likeness (QED) is 0.279. The lowest BCUT2D eigenvalue weighted by Gasteiger charge is -2.16. The number of nitrogen functional groups attached to an aromatic ring is 1. The third-order valence-electron chi connectivity index (χ3n) is 5.97. The molecule has 0 amide bonds. The monoisotopic (exact) mass is 483 g/mol. The van der Waals surface area contributed by atoms with Gasteiger partial charge in [0.05, 0.1) is 23.5 Å². The fourth-order valence-corrected chi connectivity index (χ4v) is 4.04. The number of anilines is 3. The van der Waals surface area contributed by atoms with Gasteiger partial charge in [0.2, 0.25) is 5.95 Å². The molecule has 5 heterocycles. The van der Waals surface area contributed by atoms with Gasteiger partial charge < -0.3 is 26.7 Å². The number of hydrogen-bond acceptors (Lipinski definition) is 8. The van der Waals surface area contributed by atoms with Gasteiger partial charge in [0, 0.05) is 42.1 Å². The second-order valence-corrected chi connectivity index (χ2v) is 8.49. The van der Waals surface area contributed by atoms with Crippen LogP contribution in [0.15, 0.2) is 43.0 Å². The normalized spacial score (nSPS) is 17.0.